The zero-order valence-corrected chi connectivity index (χ0v) is 16.3. The number of hydrogen-bond acceptors (Lipinski definition) is 4. The maximum Gasteiger partial charge on any atom is 0.224 e. The molecule has 1 N–H and O–H groups in total. The summed E-state index contributed by atoms with van der Waals surface area (Å²) in [5.74, 6) is 0.472. The minimum Gasteiger partial charge on any atom is -0.354 e. The standard InChI is InChI=1S/C19H22BrFN4O/c1-24-8-10-25(11-9-24)18-6-5-16(13-22-18)23-19(26)7-3-14-2-4-15(20)12-17(14)21/h2,4-6,12-13H,3,7-11H2,1H3,(H,23,26). The van der Waals surface area contributed by atoms with Crippen LogP contribution in [0.1, 0.15) is 12.0 Å². The van der Waals surface area contributed by atoms with Gasteiger partial charge in [0.1, 0.15) is 11.6 Å². The van der Waals surface area contributed by atoms with Crippen LogP contribution in [0, 0.1) is 5.82 Å². The molecule has 7 heteroatoms. The molecule has 1 amide bonds. The fourth-order valence-corrected chi connectivity index (χ4v) is 3.21. The van der Waals surface area contributed by atoms with Crippen LogP contribution in [0.15, 0.2) is 41.0 Å². The molecule has 0 bridgehead atoms. The molecular weight excluding hydrogens is 399 g/mol. The lowest BCUT2D eigenvalue weighted by atomic mass is 10.1. The van der Waals surface area contributed by atoms with Crippen molar-refractivity contribution < 1.29 is 9.18 Å². The Hall–Kier alpha value is -1.99. The van der Waals surface area contributed by atoms with E-state index in [1.165, 1.54) is 6.07 Å². The molecule has 0 aliphatic carbocycles. The van der Waals surface area contributed by atoms with Crippen LogP contribution in [0.25, 0.3) is 0 Å². The normalized spacial score (nSPS) is 15.1. The van der Waals surface area contributed by atoms with Crippen LogP contribution in [0.5, 0.6) is 0 Å². The van der Waals surface area contributed by atoms with E-state index in [9.17, 15) is 9.18 Å². The SMILES string of the molecule is CN1CCN(c2ccc(NC(=O)CCc3ccc(Br)cc3F)cn2)CC1. The van der Waals surface area contributed by atoms with Crippen molar-refractivity contribution in [3.8, 4) is 0 Å². The summed E-state index contributed by atoms with van der Waals surface area (Å²) in [7, 11) is 2.11. The number of rotatable bonds is 5. The molecule has 26 heavy (non-hydrogen) atoms. The summed E-state index contributed by atoms with van der Waals surface area (Å²) in [5.41, 5.74) is 1.19. The highest BCUT2D eigenvalue weighted by Crippen LogP contribution is 2.18. The first-order valence-corrected chi connectivity index (χ1v) is 9.44. The maximum atomic E-state index is 13.8. The van der Waals surface area contributed by atoms with Crippen LogP contribution in [-0.2, 0) is 11.2 Å². The summed E-state index contributed by atoms with van der Waals surface area (Å²) in [6.07, 6.45) is 2.25. The Morgan fingerprint density at radius 3 is 2.65 bits per heavy atom. The van der Waals surface area contributed by atoms with E-state index >= 15 is 0 Å². The molecule has 0 saturated carbocycles. The van der Waals surface area contributed by atoms with E-state index in [4.69, 9.17) is 0 Å². The molecule has 2 heterocycles. The number of carbonyl (C=O) groups is 1. The lowest BCUT2D eigenvalue weighted by molar-refractivity contribution is -0.116. The average molecular weight is 421 g/mol. The number of hydrogen-bond donors (Lipinski definition) is 1. The van der Waals surface area contributed by atoms with Crippen molar-refractivity contribution in [2.24, 2.45) is 0 Å². The van der Waals surface area contributed by atoms with Gasteiger partial charge in [0.05, 0.1) is 11.9 Å². The molecule has 1 fully saturated rings. The third-order valence-electron chi connectivity index (χ3n) is 4.50. The third-order valence-corrected chi connectivity index (χ3v) is 4.99. The molecule has 1 saturated heterocycles. The van der Waals surface area contributed by atoms with Gasteiger partial charge in [-0.2, -0.15) is 0 Å². The van der Waals surface area contributed by atoms with Gasteiger partial charge in [-0.25, -0.2) is 9.37 Å². The number of nitrogens with one attached hydrogen (secondary N) is 1. The van der Waals surface area contributed by atoms with Crippen molar-refractivity contribution in [2.75, 3.05) is 43.4 Å². The molecule has 1 aliphatic heterocycles. The molecule has 3 rings (SSSR count). The van der Waals surface area contributed by atoms with Crippen molar-refractivity contribution in [3.05, 3.63) is 52.4 Å². The third kappa shape index (κ3) is 5.02. The topological polar surface area (TPSA) is 48.5 Å². The zero-order valence-electron chi connectivity index (χ0n) is 14.7. The average Bonchev–Trinajstić information content (AvgIpc) is 2.62. The zero-order chi connectivity index (χ0) is 18.5. The monoisotopic (exact) mass is 420 g/mol. The number of halogens is 2. The highest BCUT2D eigenvalue weighted by atomic mass is 79.9. The van der Waals surface area contributed by atoms with Crippen LogP contribution < -0.4 is 10.2 Å². The Morgan fingerprint density at radius 1 is 1.23 bits per heavy atom. The summed E-state index contributed by atoms with van der Waals surface area (Å²) >= 11 is 3.23. The van der Waals surface area contributed by atoms with Gasteiger partial charge in [0.15, 0.2) is 0 Å². The van der Waals surface area contributed by atoms with E-state index < -0.39 is 0 Å². The lowest BCUT2D eigenvalue weighted by Crippen LogP contribution is -2.44. The summed E-state index contributed by atoms with van der Waals surface area (Å²) in [6, 6.07) is 8.67. The van der Waals surface area contributed by atoms with E-state index in [0.29, 0.717) is 22.1 Å². The predicted octanol–water partition coefficient (Wildman–Crippen LogP) is 3.31. The number of pyridine rings is 1. The fraction of sp³-hybridized carbons (Fsp3) is 0.368. The predicted molar refractivity (Wildman–Crippen MR) is 105 cm³/mol. The number of aryl methyl sites for hydroxylation is 1. The maximum absolute atomic E-state index is 13.8. The van der Waals surface area contributed by atoms with E-state index in [-0.39, 0.29) is 18.1 Å². The Morgan fingerprint density at radius 2 is 2.00 bits per heavy atom. The minimum atomic E-state index is -0.301. The second kappa shape index (κ2) is 8.60. The van der Waals surface area contributed by atoms with Gasteiger partial charge in [0.2, 0.25) is 5.91 Å². The Labute approximate surface area is 161 Å². The molecule has 0 atom stereocenters. The largest absolute Gasteiger partial charge is 0.354 e. The fourth-order valence-electron chi connectivity index (χ4n) is 2.88. The number of amides is 1. The number of carbonyl (C=O) groups excluding carboxylic acids is 1. The smallest absolute Gasteiger partial charge is 0.224 e. The first-order valence-electron chi connectivity index (χ1n) is 8.64. The van der Waals surface area contributed by atoms with Crippen molar-refractivity contribution in [2.45, 2.75) is 12.8 Å². The van der Waals surface area contributed by atoms with E-state index in [2.05, 4.69) is 43.1 Å². The van der Waals surface area contributed by atoms with Crippen LogP contribution in [0.4, 0.5) is 15.9 Å². The summed E-state index contributed by atoms with van der Waals surface area (Å²) < 4.78 is 14.5. The first kappa shape index (κ1) is 18.8. The van der Waals surface area contributed by atoms with Gasteiger partial charge in [0.25, 0.3) is 0 Å². The van der Waals surface area contributed by atoms with Crippen molar-refractivity contribution in [3.63, 3.8) is 0 Å². The molecule has 2 aromatic rings. The van der Waals surface area contributed by atoms with Gasteiger partial charge in [-0.15, -0.1) is 0 Å². The van der Waals surface area contributed by atoms with Gasteiger partial charge in [-0.3, -0.25) is 4.79 Å². The second-order valence-corrected chi connectivity index (χ2v) is 7.39. The minimum absolute atomic E-state index is 0.151. The number of anilines is 2. The number of benzene rings is 1. The highest BCUT2D eigenvalue weighted by molar-refractivity contribution is 9.10. The van der Waals surface area contributed by atoms with Crippen LogP contribution in [0.2, 0.25) is 0 Å². The molecule has 0 spiro atoms. The van der Waals surface area contributed by atoms with E-state index in [0.717, 1.165) is 32.0 Å². The summed E-state index contributed by atoms with van der Waals surface area (Å²) in [6.45, 7) is 3.95. The molecule has 0 radical (unpaired) electrons. The van der Waals surface area contributed by atoms with E-state index in [1.807, 2.05) is 12.1 Å². The molecule has 1 aromatic heterocycles. The Balaban J connectivity index is 1.51. The van der Waals surface area contributed by atoms with Gasteiger partial charge in [-0.1, -0.05) is 22.0 Å². The van der Waals surface area contributed by atoms with Crippen molar-refractivity contribution >= 4 is 33.3 Å². The Kier molecular flexibility index (Phi) is 6.21. The molecule has 0 unspecified atom stereocenters. The number of likely N-dealkylation sites (N-methyl/N-ethyl adjacent to an activating group) is 1. The van der Waals surface area contributed by atoms with Crippen molar-refractivity contribution in [1.82, 2.24) is 9.88 Å². The van der Waals surface area contributed by atoms with Crippen molar-refractivity contribution in [1.29, 1.82) is 0 Å². The van der Waals surface area contributed by atoms with Gasteiger partial charge < -0.3 is 15.1 Å². The molecule has 1 aliphatic rings. The highest BCUT2D eigenvalue weighted by Gasteiger charge is 2.15. The molecule has 5 nitrogen and oxygen atoms in total. The summed E-state index contributed by atoms with van der Waals surface area (Å²) in [5, 5.41) is 2.82. The van der Waals surface area contributed by atoms with Crippen LogP contribution in [-0.4, -0.2) is 49.0 Å². The lowest BCUT2D eigenvalue weighted by Gasteiger charge is -2.33. The van der Waals surface area contributed by atoms with Gasteiger partial charge >= 0.3 is 0 Å². The number of piperazine rings is 1. The quantitative estimate of drug-likeness (QED) is 0.805. The van der Waals surface area contributed by atoms with Crippen LogP contribution in [0.3, 0.4) is 0 Å². The number of nitrogens with zero attached hydrogens (tertiary/aromatic N) is 3. The number of aromatic nitrogens is 1. The van der Waals surface area contributed by atoms with E-state index in [1.54, 1.807) is 18.3 Å². The van der Waals surface area contributed by atoms with Gasteiger partial charge in [-0.05, 0) is 43.3 Å². The second-order valence-electron chi connectivity index (χ2n) is 6.48. The van der Waals surface area contributed by atoms with Crippen LogP contribution >= 0.6 is 15.9 Å². The molecular formula is C19H22BrFN4O. The molecule has 138 valence electrons. The summed E-state index contributed by atoms with van der Waals surface area (Å²) in [4.78, 5) is 21.1. The molecule has 1 aromatic carbocycles. The Bertz CT molecular complexity index is 761. The first-order chi connectivity index (χ1) is 12.5. The van der Waals surface area contributed by atoms with Gasteiger partial charge in [0, 0.05) is 37.1 Å².